The minimum Gasteiger partial charge on any atom is -0.508 e. The van der Waals surface area contributed by atoms with E-state index < -0.39 is 0 Å². The van der Waals surface area contributed by atoms with Gasteiger partial charge in [0.15, 0.2) is 0 Å². The molecule has 1 rings (SSSR count). The van der Waals surface area contributed by atoms with E-state index in [-0.39, 0.29) is 0 Å². The van der Waals surface area contributed by atoms with Crippen LogP contribution in [0.4, 0.5) is 0 Å². The van der Waals surface area contributed by atoms with Crippen LogP contribution in [-0.2, 0) is 0 Å². The highest BCUT2D eigenvalue weighted by Gasteiger charge is 2.18. The Morgan fingerprint density at radius 2 is 1.73 bits per heavy atom. The van der Waals surface area contributed by atoms with Crippen LogP contribution >= 0.6 is 0 Å². The third-order valence-electron chi connectivity index (χ3n) is 2.46. The van der Waals surface area contributed by atoms with Crippen molar-refractivity contribution in [2.75, 3.05) is 7.05 Å². The largest absolute Gasteiger partial charge is 0.508 e. The first-order valence-corrected chi connectivity index (χ1v) is 5.38. The van der Waals surface area contributed by atoms with E-state index in [1.807, 2.05) is 19.2 Å². The Kier molecular flexibility index (Phi) is 3.75. The maximum atomic E-state index is 9.22. The summed E-state index contributed by atoms with van der Waals surface area (Å²) in [5.74, 6) is 0.323. The summed E-state index contributed by atoms with van der Waals surface area (Å²) in [7, 11) is 1.98. The van der Waals surface area contributed by atoms with E-state index in [4.69, 9.17) is 0 Å². The lowest BCUT2D eigenvalue weighted by molar-refractivity contribution is 0.320. The molecule has 1 aromatic carbocycles. The Morgan fingerprint density at radius 3 is 2.13 bits per heavy atom. The summed E-state index contributed by atoms with van der Waals surface area (Å²) < 4.78 is 0. The molecule has 0 aliphatic heterocycles. The van der Waals surface area contributed by atoms with Crippen LogP contribution in [0.3, 0.4) is 0 Å². The van der Waals surface area contributed by atoms with Gasteiger partial charge in [-0.25, -0.2) is 0 Å². The monoisotopic (exact) mass is 207 g/mol. The second-order valence-corrected chi connectivity index (χ2v) is 5.20. The van der Waals surface area contributed by atoms with E-state index in [1.165, 1.54) is 5.56 Å². The van der Waals surface area contributed by atoms with Crippen LogP contribution in [-0.4, -0.2) is 12.2 Å². The predicted octanol–water partition coefficient (Wildman–Crippen LogP) is 3.09. The van der Waals surface area contributed by atoms with Gasteiger partial charge in [0.1, 0.15) is 5.75 Å². The van der Waals surface area contributed by atoms with Crippen LogP contribution in [0.5, 0.6) is 5.75 Å². The Bertz CT molecular complexity index is 297. The van der Waals surface area contributed by atoms with Crippen LogP contribution in [0.25, 0.3) is 0 Å². The molecule has 0 fully saturated rings. The van der Waals surface area contributed by atoms with Crippen molar-refractivity contribution in [1.29, 1.82) is 0 Å². The summed E-state index contributed by atoms with van der Waals surface area (Å²) in [5, 5.41) is 12.5. The minimum absolute atomic E-state index is 0.297. The maximum absolute atomic E-state index is 9.22. The number of rotatable bonds is 3. The van der Waals surface area contributed by atoms with Gasteiger partial charge in [0, 0.05) is 6.04 Å². The van der Waals surface area contributed by atoms with Gasteiger partial charge in [-0.15, -0.1) is 0 Å². The molecule has 84 valence electrons. The van der Waals surface area contributed by atoms with Crippen molar-refractivity contribution in [3.63, 3.8) is 0 Å². The molecule has 2 N–H and O–H groups in total. The van der Waals surface area contributed by atoms with E-state index in [2.05, 4.69) is 26.1 Å². The van der Waals surface area contributed by atoms with Crippen molar-refractivity contribution >= 4 is 0 Å². The summed E-state index contributed by atoms with van der Waals surface area (Å²) in [6, 6.07) is 7.78. The van der Waals surface area contributed by atoms with E-state index in [0.29, 0.717) is 17.2 Å². The summed E-state index contributed by atoms with van der Waals surface area (Å²) in [5.41, 5.74) is 1.52. The highest BCUT2D eigenvalue weighted by Crippen LogP contribution is 2.29. The van der Waals surface area contributed by atoms with Gasteiger partial charge in [-0.2, -0.15) is 0 Å². The van der Waals surface area contributed by atoms with E-state index in [9.17, 15) is 5.11 Å². The van der Waals surface area contributed by atoms with Gasteiger partial charge < -0.3 is 10.4 Å². The van der Waals surface area contributed by atoms with Crippen LogP contribution in [0.2, 0.25) is 0 Å². The van der Waals surface area contributed by atoms with E-state index in [1.54, 1.807) is 12.1 Å². The Morgan fingerprint density at radius 1 is 1.20 bits per heavy atom. The summed E-state index contributed by atoms with van der Waals surface area (Å²) in [4.78, 5) is 0. The molecular formula is C13H21NO. The predicted molar refractivity (Wildman–Crippen MR) is 64.0 cm³/mol. The number of hydrogen-bond donors (Lipinski definition) is 2. The lowest BCUT2D eigenvalue weighted by Gasteiger charge is -2.26. The summed E-state index contributed by atoms with van der Waals surface area (Å²) in [6.45, 7) is 6.70. The van der Waals surface area contributed by atoms with Crippen molar-refractivity contribution < 1.29 is 5.11 Å². The molecule has 0 bridgehead atoms. The summed E-state index contributed by atoms with van der Waals surface area (Å²) in [6.07, 6.45) is 1.08. The van der Waals surface area contributed by atoms with Crippen LogP contribution < -0.4 is 5.32 Å². The molecule has 0 amide bonds. The SMILES string of the molecule is CNC(CC(C)(C)C)c1ccc(O)cc1. The lowest BCUT2D eigenvalue weighted by atomic mass is 9.85. The number of phenolic OH excluding ortho intramolecular Hbond substituents is 1. The van der Waals surface area contributed by atoms with Gasteiger partial charge in [0.25, 0.3) is 0 Å². The number of hydrogen-bond acceptors (Lipinski definition) is 2. The smallest absolute Gasteiger partial charge is 0.115 e. The van der Waals surface area contributed by atoms with Gasteiger partial charge in [0.2, 0.25) is 0 Å². The fraction of sp³-hybridized carbons (Fsp3) is 0.538. The third-order valence-corrected chi connectivity index (χ3v) is 2.46. The molecule has 2 nitrogen and oxygen atoms in total. The normalized spacial score (nSPS) is 13.9. The molecule has 0 aliphatic carbocycles. The number of benzene rings is 1. The fourth-order valence-electron chi connectivity index (χ4n) is 1.71. The van der Waals surface area contributed by atoms with Gasteiger partial charge in [0.05, 0.1) is 0 Å². The molecule has 0 spiro atoms. The molecule has 0 aliphatic rings. The highest BCUT2D eigenvalue weighted by atomic mass is 16.3. The zero-order chi connectivity index (χ0) is 11.5. The van der Waals surface area contributed by atoms with Gasteiger partial charge in [-0.05, 0) is 36.6 Å². The molecule has 0 aromatic heterocycles. The van der Waals surface area contributed by atoms with Gasteiger partial charge >= 0.3 is 0 Å². The molecular weight excluding hydrogens is 186 g/mol. The molecule has 15 heavy (non-hydrogen) atoms. The number of nitrogens with one attached hydrogen (secondary N) is 1. The lowest BCUT2D eigenvalue weighted by Crippen LogP contribution is -2.22. The van der Waals surface area contributed by atoms with Crippen molar-refractivity contribution in [2.45, 2.75) is 33.2 Å². The Balaban J connectivity index is 2.79. The molecule has 0 radical (unpaired) electrons. The van der Waals surface area contributed by atoms with Crippen molar-refractivity contribution in [1.82, 2.24) is 5.32 Å². The summed E-state index contributed by atoms with van der Waals surface area (Å²) >= 11 is 0. The Labute approximate surface area is 92.3 Å². The second-order valence-electron chi connectivity index (χ2n) is 5.20. The van der Waals surface area contributed by atoms with Crippen LogP contribution in [0.15, 0.2) is 24.3 Å². The van der Waals surface area contributed by atoms with Gasteiger partial charge in [-0.1, -0.05) is 32.9 Å². The Hall–Kier alpha value is -1.02. The highest BCUT2D eigenvalue weighted by molar-refractivity contribution is 5.28. The average Bonchev–Trinajstić information content (AvgIpc) is 2.14. The quantitative estimate of drug-likeness (QED) is 0.798. The molecule has 0 saturated heterocycles. The first kappa shape index (κ1) is 12.1. The molecule has 1 aromatic rings. The van der Waals surface area contributed by atoms with Gasteiger partial charge in [-0.3, -0.25) is 0 Å². The third kappa shape index (κ3) is 3.92. The molecule has 1 unspecified atom stereocenters. The first-order valence-electron chi connectivity index (χ1n) is 5.38. The van der Waals surface area contributed by atoms with Crippen LogP contribution in [0.1, 0.15) is 38.8 Å². The minimum atomic E-state index is 0.297. The molecule has 1 atom stereocenters. The average molecular weight is 207 g/mol. The van der Waals surface area contributed by atoms with Crippen molar-refractivity contribution in [3.8, 4) is 5.75 Å². The topological polar surface area (TPSA) is 32.3 Å². The fourth-order valence-corrected chi connectivity index (χ4v) is 1.71. The molecule has 0 saturated carbocycles. The molecule has 0 heterocycles. The van der Waals surface area contributed by atoms with E-state index in [0.717, 1.165) is 6.42 Å². The maximum Gasteiger partial charge on any atom is 0.115 e. The number of aromatic hydroxyl groups is 1. The second kappa shape index (κ2) is 4.67. The number of phenols is 1. The van der Waals surface area contributed by atoms with Crippen molar-refractivity contribution in [3.05, 3.63) is 29.8 Å². The van der Waals surface area contributed by atoms with Crippen molar-refractivity contribution in [2.24, 2.45) is 5.41 Å². The van der Waals surface area contributed by atoms with E-state index >= 15 is 0 Å². The zero-order valence-electron chi connectivity index (χ0n) is 10.0. The van der Waals surface area contributed by atoms with Crippen LogP contribution in [0, 0.1) is 5.41 Å². The molecule has 2 heteroatoms. The zero-order valence-corrected chi connectivity index (χ0v) is 10.0. The first-order chi connectivity index (χ1) is 6.92. The standard InChI is InChI=1S/C13H21NO/c1-13(2,3)9-12(14-4)10-5-7-11(15)8-6-10/h5-8,12,14-15H,9H2,1-4H3.